The summed E-state index contributed by atoms with van der Waals surface area (Å²) in [6.45, 7) is 2.51. The predicted octanol–water partition coefficient (Wildman–Crippen LogP) is 4.33. The number of hydrogen-bond donors (Lipinski definition) is 1. The minimum absolute atomic E-state index is 0.00203. The van der Waals surface area contributed by atoms with Crippen molar-refractivity contribution in [3.63, 3.8) is 0 Å². The number of alkyl halides is 3. The Morgan fingerprint density at radius 3 is 2.47 bits per heavy atom. The zero-order valence-electron chi connectivity index (χ0n) is 16.8. The van der Waals surface area contributed by atoms with E-state index in [0.717, 1.165) is 35.0 Å². The molecule has 0 aliphatic carbocycles. The van der Waals surface area contributed by atoms with E-state index in [1.54, 1.807) is 4.68 Å². The SMILES string of the molecule is Cc1ccc(Cn2nnc3c(SCC(=O)Nc4ccc(C(F)(F)F)cc4)ncnc32)cc1. The molecule has 0 bridgehead atoms. The number of rotatable bonds is 6. The van der Waals surface area contributed by atoms with E-state index in [2.05, 4.69) is 25.6 Å². The molecule has 0 unspecified atom stereocenters. The number of carbonyl (C=O) groups is 1. The normalized spacial score (nSPS) is 11.6. The summed E-state index contributed by atoms with van der Waals surface area (Å²) in [5.41, 5.74) is 2.74. The highest BCUT2D eigenvalue weighted by atomic mass is 32.2. The molecule has 0 radical (unpaired) electrons. The van der Waals surface area contributed by atoms with Gasteiger partial charge in [0.2, 0.25) is 5.91 Å². The number of hydrogen-bond acceptors (Lipinski definition) is 6. The van der Waals surface area contributed by atoms with E-state index in [9.17, 15) is 18.0 Å². The first-order chi connectivity index (χ1) is 15.3. The van der Waals surface area contributed by atoms with Crippen LogP contribution in [0.15, 0.2) is 59.9 Å². The molecule has 32 heavy (non-hydrogen) atoms. The van der Waals surface area contributed by atoms with Crippen LogP contribution < -0.4 is 5.32 Å². The van der Waals surface area contributed by atoms with Gasteiger partial charge in [0.1, 0.15) is 11.4 Å². The molecule has 0 aliphatic heterocycles. The van der Waals surface area contributed by atoms with Crippen LogP contribution in [0, 0.1) is 6.92 Å². The number of aryl methyl sites for hydroxylation is 1. The summed E-state index contributed by atoms with van der Waals surface area (Å²) in [5, 5.41) is 11.4. The number of thioether (sulfide) groups is 1. The summed E-state index contributed by atoms with van der Waals surface area (Å²) in [6.07, 6.45) is -3.04. The van der Waals surface area contributed by atoms with Crippen LogP contribution in [0.3, 0.4) is 0 Å². The van der Waals surface area contributed by atoms with E-state index in [-0.39, 0.29) is 17.3 Å². The minimum atomic E-state index is -4.42. The van der Waals surface area contributed by atoms with Crippen molar-refractivity contribution < 1.29 is 18.0 Å². The lowest BCUT2D eigenvalue weighted by Gasteiger charge is -2.08. The average molecular weight is 458 g/mol. The number of halogens is 3. The summed E-state index contributed by atoms with van der Waals surface area (Å²) in [7, 11) is 0. The number of fused-ring (bicyclic) bond motifs is 1. The van der Waals surface area contributed by atoms with Gasteiger partial charge in [0.05, 0.1) is 17.9 Å². The lowest BCUT2D eigenvalue weighted by atomic mass is 10.1. The van der Waals surface area contributed by atoms with E-state index in [1.807, 2.05) is 31.2 Å². The molecule has 0 spiro atoms. The fraction of sp³-hybridized carbons (Fsp3) is 0.190. The van der Waals surface area contributed by atoms with Crippen molar-refractivity contribution in [3.05, 3.63) is 71.5 Å². The molecule has 2 heterocycles. The Bertz CT molecular complexity index is 1240. The number of anilines is 1. The van der Waals surface area contributed by atoms with Crippen LogP contribution in [0.4, 0.5) is 18.9 Å². The predicted molar refractivity (Wildman–Crippen MR) is 114 cm³/mol. The van der Waals surface area contributed by atoms with Gasteiger partial charge in [0, 0.05) is 5.69 Å². The standard InChI is InChI=1S/C21H17F3N6OS/c1-13-2-4-14(5-3-13)10-30-19-18(28-29-30)20(26-12-25-19)32-11-17(31)27-16-8-6-15(7-9-16)21(22,23)24/h2-9,12H,10-11H2,1H3,(H,27,31). The maximum Gasteiger partial charge on any atom is 0.416 e. The Morgan fingerprint density at radius 2 is 1.78 bits per heavy atom. The highest BCUT2D eigenvalue weighted by Crippen LogP contribution is 2.30. The van der Waals surface area contributed by atoms with Gasteiger partial charge in [-0.3, -0.25) is 4.79 Å². The van der Waals surface area contributed by atoms with Crippen molar-refractivity contribution in [2.45, 2.75) is 24.7 Å². The largest absolute Gasteiger partial charge is 0.416 e. The first-order valence-corrected chi connectivity index (χ1v) is 10.5. The summed E-state index contributed by atoms with van der Waals surface area (Å²) >= 11 is 1.15. The molecule has 11 heteroatoms. The lowest BCUT2D eigenvalue weighted by molar-refractivity contribution is -0.137. The molecule has 2 aromatic heterocycles. The first kappa shape index (κ1) is 21.8. The number of aromatic nitrogens is 5. The molecular weight excluding hydrogens is 441 g/mol. The number of benzene rings is 2. The minimum Gasteiger partial charge on any atom is -0.325 e. The average Bonchev–Trinajstić information content (AvgIpc) is 3.17. The Balaban J connectivity index is 1.41. The van der Waals surface area contributed by atoms with Crippen molar-refractivity contribution in [2.24, 2.45) is 0 Å². The molecular formula is C21H17F3N6OS. The fourth-order valence-electron chi connectivity index (χ4n) is 2.92. The van der Waals surface area contributed by atoms with Crippen molar-refractivity contribution >= 4 is 34.5 Å². The molecule has 4 aromatic rings. The highest BCUT2D eigenvalue weighted by molar-refractivity contribution is 8.00. The lowest BCUT2D eigenvalue weighted by Crippen LogP contribution is -2.14. The summed E-state index contributed by atoms with van der Waals surface area (Å²) < 4.78 is 39.6. The number of amides is 1. The van der Waals surface area contributed by atoms with Gasteiger partial charge in [-0.05, 0) is 36.8 Å². The second kappa shape index (κ2) is 8.95. The van der Waals surface area contributed by atoms with Gasteiger partial charge < -0.3 is 5.32 Å². The molecule has 0 aliphatic rings. The van der Waals surface area contributed by atoms with Crippen LogP contribution in [-0.2, 0) is 17.5 Å². The van der Waals surface area contributed by atoms with Gasteiger partial charge in [-0.2, -0.15) is 13.2 Å². The third kappa shape index (κ3) is 5.05. The Kier molecular flexibility index (Phi) is 6.08. The molecule has 2 aromatic carbocycles. The summed E-state index contributed by atoms with van der Waals surface area (Å²) in [4.78, 5) is 20.7. The zero-order valence-corrected chi connectivity index (χ0v) is 17.6. The molecule has 7 nitrogen and oxygen atoms in total. The van der Waals surface area contributed by atoms with E-state index in [4.69, 9.17) is 0 Å². The zero-order chi connectivity index (χ0) is 22.7. The first-order valence-electron chi connectivity index (χ1n) is 9.49. The van der Waals surface area contributed by atoms with E-state index in [1.165, 1.54) is 18.5 Å². The molecule has 1 amide bonds. The van der Waals surface area contributed by atoms with Crippen LogP contribution in [0.1, 0.15) is 16.7 Å². The van der Waals surface area contributed by atoms with Crippen LogP contribution in [0.5, 0.6) is 0 Å². The van der Waals surface area contributed by atoms with Crippen LogP contribution in [-0.4, -0.2) is 36.6 Å². The second-order valence-electron chi connectivity index (χ2n) is 7.00. The molecule has 0 fully saturated rings. The van der Waals surface area contributed by atoms with Crippen LogP contribution in [0.2, 0.25) is 0 Å². The smallest absolute Gasteiger partial charge is 0.325 e. The maximum absolute atomic E-state index is 12.6. The maximum atomic E-state index is 12.6. The highest BCUT2D eigenvalue weighted by Gasteiger charge is 2.30. The third-order valence-electron chi connectivity index (χ3n) is 4.56. The second-order valence-corrected chi connectivity index (χ2v) is 7.96. The molecule has 0 saturated heterocycles. The van der Waals surface area contributed by atoms with Gasteiger partial charge in [0.15, 0.2) is 11.2 Å². The quantitative estimate of drug-likeness (QED) is 0.342. The van der Waals surface area contributed by atoms with E-state index < -0.39 is 11.7 Å². The van der Waals surface area contributed by atoms with Crippen molar-refractivity contribution in [2.75, 3.05) is 11.1 Å². The van der Waals surface area contributed by atoms with E-state index in [0.29, 0.717) is 22.7 Å². The van der Waals surface area contributed by atoms with Gasteiger partial charge in [0.25, 0.3) is 0 Å². The summed E-state index contributed by atoms with van der Waals surface area (Å²) in [6, 6.07) is 12.3. The molecule has 1 N–H and O–H groups in total. The van der Waals surface area contributed by atoms with Gasteiger partial charge in [-0.1, -0.05) is 46.8 Å². The Hall–Kier alpha value is -3.47. The fourth-order valence-corrected chi connectivity index (χ4v) is 3.65. The Labute approximate surface area is 185 Å². The number of carbonyl (C=O) groups excluding carboxylic acids is 1. The van der Waals surface area contributed by atoms with Gasteiger partial charge in [-0.25, -0.2) is 14.6 Å². The molecule has 4 rings (SSSR count). The van der Waals surface area contributed by atoms with Crippen molar-refractivity contribution in [3.8, 4) is 0 Å². The third-order valence-corrected chi connectivity index (χ3v) is 5.53. The molecule has 0 atom stereocenters. The van der Waals surface area contributed by atoms with Crippen molar-refractivity contribution in [1.29, 1.82) is 0 Å². The molecule has 0 saturated carbocycles. The topological polar surface area (TPSA) is 85.6 Å². The van der Waals surface area contributed by atoms with Gasteiger partial charge in [-0.15, -0.1) is 5.10 Å². The van der Waals surface area contributed by atoms with Crippen LogP contribution >= 0.6 is 11.8 Å². The molecule has 164 valence electrons. The Morgan fingerprint density at radius 1 is 1.06 bits per heavy atom. The van der Waals surface area contributed by atoms with E-state index >= 15 is 0 Å². The number of nitrogens with zero attached hydrogens (tertiary/aromatic N) is 5. The van der Waals surface area contributed by atoms with Crippen molar-refractivity contribution in [1.82, 2.24) is 25.0 Å². The summed E-state index contributed by atoms with van der Waals surface area (Å²) in [5.74, 6) is -0.383. The number of nitrogens with one attached hydrogen (secondary N) is 1. The van der Waals surface area contributed by atoms with Gasteiger partial charge >= 0.3 is 6.18 Å². The van der Waals surface area contributed by atoms with Crippen LogP contribution in [0.25, 0.3) is 11.2 Å². The monoisotopic (exact) mass is 458 g/mol.